The summed E-state index contributed by atoms with van der Waals surface area (Å²) in [6.07, 6.45) is 2.40. The average Bonchev–Trinajstić information content (AvgIpc) is 1.77. The maximum absolute atomic E-state index is 12.0. The highest BCUT2D eigenvalue weighted by atomic mass is 35.5. The SMILES string of the molecule is Cl.O=c1cc[nH]cc1F. The van der Waals surface area contributed by atoms with Gasteiger partial charge in [0, 0.05) is 18.5 Å². The summed E-state index contributed by atoms with van der Waals surface area (Å²) >= 11 is 0. The van der Waals surface area contributed by atoms with E-state index in [9.17, 15) is 9.18 Å². The Hall–Kier alpha value is -0.830. The largest absolute Gasteiger partial charge is 0.365 e. The van der Waals surface area contributed by atoms with Crippen LogP contribution in [0.1, 0.15) is 0 Å². The van der Waals surface area contributed by atoms with Crippen molar-refractivity contribution in [1.29, 1.82) is 0 Å². The van der Waals surface area contributed by atoms with Crippen LogP contribution in [0.3, 0.4) is 0 Å². The molecule has 1 N–H and O–H groups in total. The topological polar surface area (TPSA) is 32.9 Å². The fourth-order valence-electron chi connectivity index (χ4n) is 0.396. The lowest BCUT2D eigenvalue weighted by Gasteiger charge is -1.80. The molecule has 0 aliphatic carbocycles. The van der Waals surface area contributed by atoms with E-state index in [-0.39, 0.29) is 12.4 Å². The molecule has 0 aliphatic heterocycles. The van der Waals surface area contributed by atoms with Crippen LogP contribution in [0.4, 0.5) is 4.39 Å². The number of hydrogen-bond acceptors (Lipinski definition) is 1. The second-order valence-electron chi connectivity index (χ2n) is 1.36. The Morgan fingerprint density at radius 1 is 1.56 bits per heavy atom. The van der Waals surface area contributed by atoms with Crippen LogP contribution in [0.2, 0.25) is 0 Å². The number of H-pyrrole nitrogens is 1. The smallest absolute Gasteiger partial charge is 0.217 e. The quantitative estimate of drug-likeness (QED) is 0.585. The number of hydrogen-bond donors (Lipinski definition) is 1. The standard InChI is InChI=1S/C5H4FNO.ClH/c6-4-3-7-2-1-5(4)8;/h1-3H,(H,7,8);1H. The molecule has 50 valence electrons. The Balaban J connectivity index is 0.000000640. The van der Waals surface area contributed by atoms with E-state index in [2.05, 4.69) is 4.98 Å². The van der Waals surface area contributed by atoms with Gasteiger partial charge in [-0.1, -0.05) is 0 Å². The first-order valence-electron chi connectivity index (χ1n) is 2.13. The molecule has 1 rings (SSSR count). The van der Waals surface area contributed by atoms with Crippen LogP contribution in [-0.2, 0) is 0 Å². The van der Waals surface area contributed by atoms with Crippen LogP contribution >= 0.6 is 12.4 Å². The Bertz CT molecular complexity index is 234. The third-order valence-electron chi connectivity index (χ3n) is 0.776. The van der Waals surface area contributed by atoms with Gasteiger partial charge >= 0.3 is 0 Å². The highest BCUT2D eigenvalue weighted by Gasteiger charge is 1.89. The van der Waals surface area contributed by atoms with Crippen molar-refractivity contribution >= 4 is 12.4 Å². The molecule has 0 aromatic carbocycles. The molecule has 4 heteroatoms. The van der Waals surface area contributed by atoms with Crippen molar-refractivity contribution in [3.63, 3.8) is 0 Å². The number of pyridine rings is 1. The Kier molecular flexibility index (Phi) is 2.95. The number of aromatic nitrogens is 1. The first-order chi connectivity index (χ1) is 3.80. The van der Waals surface area contributed by atoms with Crippen molar-refractivity contribution < 1.29 is 4.39 Å². The molecule has 1 aromatic rings. The molecule has 0 unspecified atom stereocenters. The molecule has 0 fully saturated rings. The van der Waals surface area contributed by atoms with Crippen molar-refractivity contribution in [2.45, 2.75) is 0 Å². The Morgan fingerprint density at radius 3 is 2.56 bits per heavy atom. The third kappa shape index (κ3) is 1.85. The van der Waals surface area contributed by atoms with Gasteiger partial charge in [0.05, 0.1) is 0 Å². The van der Waals surface area contributed by atoms with Crippen LogP contribution in [0.25, 0.3) is 0 Å². The summed E-state index contributed by atoms with van der Waals surface area (Å²) < 4.78 is 12.0. The summed E-state index contributed by atoms with van der Waals surface area (Å²) in [7, 11) is 0. The van der Waals surface area contributed by atoms with Crippen LogP contribution in [0, 0.1) is 5.82 Å². The molecule has 0 bridgehead atoms. The highest BCUT2D eigenvalue weighted by molar-refractivity contribution is 5.85. The third-order valence-corrected chi connectivity index (χ3v) is 0.776. The monoisotopic (exact) mass is 149 g/mol. The van der Waals surface area contributed by atoms with Gasteiger partial charge in [-0.15, -0.1) is 12.4 Å². The normalized spacial score (nSPS) is 8.11. The second-order valence-corrected chi connectivity index (χ2v) is 1.36. The van der Waals surface area contributed by atoms with Crippen molar-refractivity contribution in [3.05, 3.63) is 34.5 Å². The van der Waals surface area contributed by atoms with Gasteiger partial charge in [0.2, 0.25) is 5.43 Å². The van der Waals surface area contributed by atoms with Crippen LogP contribution in [0.5, 0.6) is 0 Å². The Labute approximate surface area is 57.1 Å². The number of aromatic amines is 1. The molecule has 0 atom stereocenters. The maximum Gasteiger partial charge on any atom is 0.217 e. The fourth-order valence-corrected chi connectivity index (χ4v) is 0.396. The molecular formula is C5H5ClFNO. The molecule has 0 saturated carbocycles. The van der Waals surface area contributed by atoms with Crippen molar-refractivity contribution in [2.75, 3.05) is 0 Å². The predicted molar refractivity (Wildman–Crippen MR) is 34.3 cm³/mol. The zero-order valence-electron chi connectivity index (χ0n) is 4.43. The first-order valence-corrected chi connectivity index (χ1v) is 2.13. The van der Waals surface area contributed by atoms with Gasteiger partial charge in [-0.25, -0.2) is 4.39 Å². The van der Waals surface area contributed by atoms with Gasteiger partial charge in [0.25, 0.3) is 0 Å². The summed E-state index contributed by atoms with van der Waals surface area (Å²) in [6.45, 7) is 0. The van der Waals surface area contributed by atoms with Gasteiger partial charge in [-0.05, 0) is 0 Å². The van der Waals surface area contributed by atoms with E-state index in [4.69, 9.17) is 0 Å². The summed E-state index contributed by atoms with van der Waals surface area (Å²) in [5.74, 6) is -0.743. The number of rotatable bonds is 0. The maximum atomic E-state index is 12.0. The molecule has 1 heterocycles. The molecule has 0 amide bonds. The van der Waals surface area contributed by atoms with Crippen LogP contribution in [0.15, 0.2) is 23.3 Å². The van der Waals surface area contributed by atoms with E-state index in [0.29, 0.717) is 0 Å². The summed E-state index contributed by atoms with van der Waals surface area (Å²) in [5.41, 5.74) is -0.580. The van der Waals surface area contributed by atoms with E-state index in [0.717, 1.165) is 12.3 Å². The second kappa shape index (κ2) is 3.25. The van der Waals surface area contributed by atoms with E-state index in [1.807, 2.05) is 0 Å². The van der Waals surface area contributed by atoms with Gasteiger partial charge in [-0.3, -0.25) is 4.79 Å². The molecule has 0 saturated heterocycles. The lowest BCUT2D eigenvalue weighted by Crippen LogP contribution is -2.02. The summed E-state index contributed by atoms with van der Waals surface area (Å²) in [6, 6.07) is 1.13. The number of nitrogens with one attached hydrogen (secondary N) is 1. The molecule has 2 nitrogen and oxygen atoms in total. The molecular weight excluding hydrogens is 145 g/mol. The van der Waals surface area contributed by atoms with Gasteiger partial charge in [0.1, 0.15) is 0 Å². The van der Waals surface area contributed by atoms with Crippen molar-refractivity contribution in [2.24, 2.45) is 0 Å². The van der Waals surface area contributed by atoms with E-state index in [1.165, 1.54) is 6.20 Å². The minimum Gasteiger partial charge on any atom is -0.365 e. The summed E-state index contributed by atoms with van der Waals surface area (Å²) in [4.78, 5) is 12.7. The van der Waals surface area contributed by atoms with E-state index < -0.39 is 11.2 Å². The van der Waals surface area contributed by atoms with Crippen LogP contribution in [-0.4, -0.2) is 4.98 Å². The van der Waals surface area contributed by atoms with E-state index in [1.54, 1.807) is 0 Å². The lowest BCUT2D eigenvalue weighted by molar-refractivity contribution is 0.611. The predicted octanol–water partition coefficient (Wildman–Crippen LogP) is 0.936. The van der Waals surface area contributed by atoms with Crippen molar-refractivity contribution in [3.8, 4) is 0 Å². The minimum atomic E-state index is -0.743. The molecule has 0 aliphatic rings. The first kappa shape index (κ1) is 8.17. The molecule has 1 aromatic heterocycles. The lowest BCUT2D eigenvalue weighted by atomic mass is 10.5. The fraction of sp³-hybridized carbons (Fsp3) is 0. The van der Waals surface area contributed by atoms with Crippen molar-refractivity contribution in [1.82, 2.24) is 4.98 Å². The molecule has 9 heavy (non-hydrogen) atoms. The minimum absolute atomic E-state index is 0. The van der Waals surface area contributed by atoms with Gasteiger partial charge in [0.15, 0.2) is 5.82 Å². The zero-order valence-corrected chi connectivity index (χ0v) is 5.24. The van der Waals surface area contributed by atoms with Gasteiger partial charge < -0.3 is 4.98 Å². The van der Waals surface area contributed by atoms with Gasteiger partial charge in [-0.2, -0.15) is 0 Å². The molecule has 0 spiro atoms. The summed E-state index contributed by atoms with van der Waals surface area (Å²) in [5, 5.41) is 0. The van der Waals surface area contributed by atoms with Crippen LogP contribution < -0.4 is 5.43 Å². The van der Waals surface area contributed by atoms with E-state index >= 15 is 0 Å². The molecule has 0 radical (unpaired) electrons. The zero-order chi connectivity index (χ0) is 5.98. The Morgan fingerprint density at radius 2 is 2.22 bits per heavy atom. The average molecular weight is 150 g/mol. The number of halogens is 2. The highest BCUT2D eigenvalue weighted by Crippen LogP contribution is 1.79.